The lowest BCUT2D eigenvalue weighted by Gasteiger charge is -2.09. The number of nitrogen functional groups attached to an aromatic ring is 1. The molecule has 3 heterocycles. The number of ether oxygens (including phenoxy) is 2. The fourth-order valence-electron chi connectivity index (χ4n) is 3.35. The highest BCUT2D eigenvalue weighted by Crippen LogP contribution is 2.33. The predicted octanol–water partition coefficient (Wildman–Crippen LogP) is 2.98. The second-order valence-corrected chi connectivity index (χ2v) is 8.82. The maximum atomic E-state index is 12.9. The molecule has 0 unspecified atom stereocenters. The number of carbonyl (C=O) groups is 1. The summed E-state index contributed by atoms with van der Waals surface area (Å²) in [5.74, 6) is 7.27. The molecule has 0 bridgehead atoms. The number of carbonyl (C=O) groups excluding carboxylic acids is 1. The quantitative estimate of drug-likeness (QED) is 0.255. The lowest BCUT2D eigenvalue weighted by molar-refractivity contribution is -0.118. The summed E-state index contributed by atoms with van der Waals surface area (Å²) in [4.78, 5) is 30.4. The normalized spacial score (nSPS) is 12.2. The van der Waals surface area contributed by atoms with Crippen molar-refractivity contribution in [1.82, 2.24) is 15.0 Å². The van der Waals surface area contributed by atoms with E-state index in [0.29, 0.717) is 33.4 Å². The first-order valence-electron chi connectivity index (χ1n) is 9.73. The number of nitrogens with zero attached hydrogens (tertiary/aromatic N) is 2. The lowest BCUT2D eigenvalue weighted by Crippen LogP contribution is -2.30. The fourth-order valence-corrected chi connectivity index (χ4v) is 5.08. The van der Waals surface area contributed by atoms with E-state index in [1.165, 1.54) is 11.3 Å². The van der Waals surface area contributed by atoms with Gasteiger partial charge < -0.3 is 20.6 Å². The van der Waals surface area contributed by atoms with Gasteiger partial charge in [0.2, 0.25) is 12.7 Å². The molecule has 32 heavy (non-hydrogen) atoms. The first-order chi connectivity index (χ1) is 15.6. The molecule has 2 aromatic carbocycles. The van der Waals surface area contributed by atoms with Gasteiger partial charge in [-0.2, -0.15) is 0 Å². The van der Waals surface area contributed by atoms with Crippen molar-refractivity contribution < 1.29 is 14.3 Å². The minimum absolute atomic E-state index is 0.0800. The molecule has 1 aliphatic rings. The molecular weight excluding hydrogens is 448 g/mol. The van der Waals surface area contributed by atoms with E-state index in [1.807, 2.05) is 53.9 Å². The Hall–Kier alpha value is -3.50. The Labute approximate surface area is 191 Å². The summed E-state index contributed by atoms with van der Waals surface area (Å²) in [6.45, 7) is 0.556. The topological polar surface area (TPSA) is 108 Å². The number of rotatable bonds is 6. The average molecular weight is 467 g/mol. The molecule has 0 aliphatic carbocycles. The Kier molecular flexibility index (Phi) is 5.46. The van der Waals surface area contributed by atoms with Gasteiger partial charge in [-0.1, -0.05) is 48.2 Å². The zero-order chi connectivity index (χ0) is 22.1. The van der Waals surface area contributed by atoms with E-state index in [1.54, 1.807) is 0 Å². The molecule has 2 aromatic heterocycles. The van der Waals surface area contributed by atoms with Crippen molar-refractivity contribution in [3.63, 3.8) is 0 Å². The van der Waals surface area contributed by atoms with Gasteiger partial charge in [0.05, 0.1) is 11.1 Å². The molecule has 1 aliphatic heterocycles. The van der Waals surface area contributed by atoms with Crippen LogP contribution in [0.5, 0.6) is 11.5 Å². The number of thiophene rings is 1. The number of benzene rings is 2. The van der Waals surface area contributed by atoms with Gasteiger partial charge in [-0.3, -0.25) is 9.59 Å². The van der Waals surface area contributed by atoms with E-state index in [0.717, 1.165) is 33.1 Å². The van der Waals surface area contributed by atoms with E-state index in [4.69, 9.17) is 15.3 Å². The highest BCUT2D eigenvalue weighted by atomic mass is 32.2. The van der Waals surface area contributed by atoms with E-state index >= 15 is 0 Å². The molecule has 0 fully saturated rings. The molecule has 5 rings (SSSR count). The zero-order valence-electron chi connectivity index (χ0n) is 16.7. The summed E-state index contributed by atoms with van der Waals surface area (Å²) in [5.41, 5.74) is 2.30. The van der Waals surface area contributed by atoms with Gasteiger partial charge in [-0.25, -0.2) is 9.66 Å². The van der Waals surface area contributed by atoms with Crippen LogP contribution >= 0.6 is 23.1 Å². The number of hydrogen-bond acceptors (Lipinski definition) is 8. The molecule has 0 radical (unpaired) electrons. The van der Waals surface area contributed by atoms with Gasteiger partial charge in [-0.15, -0.1) is 11.3 Å². The van der Waals surface area contributed by atoms with Crippen molar-refractivity contribution in [2.45, 2.75) is 11.7 Å². The summed E-state index contributed by atoms with van der Waals surface area (Å²) < 4.78 is 11.6. The van der Waals surface area contributed by atoms with Crippen LogP contribution in [0.1, 0.15) is 5.56 Å². The van der Waals surface area contributed by atoms with Crippen LogP contribution in [0.2, 0.25) is 0 Å². The molecule has 1 amide bonds. The number of nitrogens with two attached hydrogens (primary N) is 1. The van der Waals surface area contributed by atoms with E-state index < -0.39 is 0 Å². The number of hydrogen-bond donors (Lipinski definition) is 2. The number of aromatic nitrogens is 2. The Balaban J connectivity index is 1.28. The Morgan fingerprint density at radius 3 is 2.84 bits per heavy atom. The van der Waals surface area contributed by atoms with E-state index in [2.05, 4.69) is 10.3 Å². The summed E-state index contributed by atoms with van der Waals surface area (Å²) in [5, 5.41) is 5.53. The highest BCUT2D eigenvalue weighted by Gasteiger charge is 2.17. The first-order valence-corrected chi connectivity index (χ1v) is 11.6. The molecule has 0 saturated carbocycles. The largest absolute Gasteiger partial charge is 0.454 e. The molecule has 3 N–H and O–H groups in total. The Morgan fingerprint density at radius 1 is 1.19 bits per heavy atom. The Morgan fingerprint density at radius 2 is 2.00 bits per heavy atom. The SMILES string of the molecule is Nn1c(SCC(=O)NCc2ccc3c(c2)OCO3)nc2scc(-c3ccccc3)c2c1=O. The van der Waals surface area contributed by atoms with Crippen LogP contribution in [-0.4, -0.2) is 28.1 Å². The van der Waals surface area contributed by atoms with Crippen LogP contribution < -0.4 is 26.2 Å². The summed E-state index contributed by atoms with van der Waals surface area (Å²) >= 11 is 2.50. The molecule has 10 heteroatoms. The summed E-state index contributed by atoms with van der Waals surface area (Å²) in [6, 6.07) is 15.2. The van der Waals surface area contributed by atoms with Gasteiger partial charge in [0.25, 0.3) is 5.56 Å². The third-order valence-electron chi connectivity index (χ3n) is 4.95. The molecule has 0 atom stereocenters. The average Bonchev–Trinajstić information content (AvgIpc) is 3.46. The van der Waals surface area contributed by atoms with Crippen molar-refractivity contribution >= 4 is 39.2 Å². The lowest BCUT2D eigenvalue weighted by atomic mass is 10.1. The van der Waals surface area contributed by atoms with Gasteiger partial charge in [0.1, 0.15) is 4.83 Å². The highest BCUT2D eigenvalue weighted by molar-refractivity contribution is 7.99. The molecule has 162 valence electrons. The van der Waals surface area contributed by atoms with Crippen molar-refractivity contribution in [3.05, 3.63) is 69.8 Å². The maximum absolute atomic E-state index is 12.9. The zero-order valence-corrected chi connectivity index (χ0v) is 18.4. The number of amides is 1. The van der Waals surface area contributed by atoms with Gasteiger partial charge in [-0.05, 0) is 23.3 Å². The van der Waals surface area contributed by atoms with Gasteiger partial charge >= 0.3 is 0 Å². The van der Waals surface area contributed by atoms with Crippen molar-refractivity contribution in [1.29, 1.82) is 0 Å². The fraction of sp³-hybridized carbons (Fsp3) is 0.136. The summed E-state index contributed by atoms with van der Waals surface area (Å²) in [7, 11) is 0. The third-order valence-corrected chi connectivity index (χ3v) is 6.78. The van der Waals surface area contributed by atoms with Crippen LogP contribution in [0.25, 0.3) is 21.3 Å². The van der Waals surface area contributed by atoms with E-state index in [-0.39, 0.29) is 24.0 Å². The predicted molar refractivity (Wildman–Crippen MR) is 125 cm³/mol. The Bertz CT molecular complexity index is 1370. The monoisotopic (exact) mass is 466 g/mol. The van der Waals surface area contributed by atoms with E-state index in [9.17, 15) is 9.59 Å². The standard InChI is InChI=1S/C22H18N4O4S2/c23-26-21(28)19-15(14-4-2-1-3-5-14)10-31-20(19)25-22(26)32-11-18(27)24-9-13-6-7-16-17(8-13)30-12-29-16/h1-8,10H,9,11-12,23H2,(H,24,27). The third kappa shape index (κ3) is 3.90. The number of thioether (sulfide) groups is 1. The molecular formula is C22H18N4O4S2. The van der Waals surface area contributed by atoms with Crippen LogP contribution in [0.15, 0.2) is 63.9 Å². The van der Waals surface area contributed by atoms with Crippen LogP contribution in [0, 0.1) is 0 Å². The van der Waals surface area contributed by atoms with Crippen LogP contribution in [0.3, 0.4) is 0 Å². The molecule has 0 spiro atoms. The number of nitrogens with one attached hydrogen (secondary N) is 1. The van der Waals surface area contributed by atoms with Gasteiger partial charge in [0.15, 0.2) is 16.7 Å². The molecule has 0 saturated heterocycles. The first kappa shape index (κ1) is 20.4. The minimum Gasteiger partial charge on any atom is -0.454 e. The minimum atomic E-state index is -0.335. The second-order valence-electron chi connectivity index (χ2n) is 7.02. The smallest absolute Gasteiger partial charge is 0.282 e. The van der Waals surface area contributed by atoms with Crippen LogP contribution in [0.4, 0.5) is 0 Å². The molecule has 8 nitrogen and oxygen atoms in total. The van der Waals surface area contributed by atoms with Crippen molar-refractivity contribution in [2.75, 3.05) is 18.4 Å². The van der Waals surface area contributed by atoms with Crippen LogP contribution in [-0.2, 0) is 11.3 Å². The summed E-state index contributed by atoms with van der Waals surface area (Å²) in [6.07, 6.45) is 0. The maximum Gasteiger partial charge on any atom is 0.282 e. The van der Waals surface area contributed by atoms with Crippen molar-refractivity contribution in [2.24, 2.45) is 0 Å². The van der Waals surface area contributed by atoms with Crippen molar-refractivity contribution in [3.8, 4) is 22.6 Å². The number of fused-ring (bicyclic) bond motifs is 2. The molecule has 4 aromatic rings. The van der Waals surface area contributed by atoms with Gasteiger partial charge in [0, 0.05) is 17.5 Å². The second kappa shape index (κ2) is 8.56.